The van der Waals surface area contributed by atoms with Gasteiger partial charge in [-0.05, 0) is 59.8 Å². The molecule has 0 spiro atoms. The summed E-state index contributed by atoms with van der Waals surface area (Å²) >= 11 is 3.47. The van der Waals surface area contributed by atoms with Crippen LogP contribution in [0.15, 0.2) is 22.9 Å². The fraction of sp³-hybridized carbons (Fsp3) is 0.615. The maximum absolute atomic E-state index is 5.78. The summed E-state index contributed by atoms with van der Waals surface area (Å²) in [6.45, 7) is 5.20. The standard InChI is InChI=1S/C13H20BrN3/c1-10-2-3-11(5-15)8-17(10)9-12-4-13(14)7-16-6-12/h4,6-7,10-11H,2-3,5,8-9,15H2,1H3. The number of halogens is 1. The van der Waals surface area contributed by atoms with Gasteiger partial charge >= 0.3 is 0 Å². The molecule has 1 aliphatic rings. The lowest BCUT2D eigenvalue weighted by Gasteiger charge is -2.37. The third kappa shape index (κ3) is 3.50. The van der Waals surface area contributed by atoms with Gasteiger partial charge in [0.25, 0.3) is 0 Å². The molecule has 2 unspecified atom stereocenters. The van der Waals surface area contributed by atoms with Crippen LogP contribution in [-0.2, 0) is 6.54 Å². The third-order valence-electron chi connectivity index (χ3n) is 3.59. The van der Waals surface area contributed by atoms with Crippen molar-refractivity contribution in [1.29, 1.82) is 0 Å². The summed E-state index contributed by atoms with van der Waals surface area (Å²) in [6.07, 6.45) is 6.30. The van der Waals surface area contributed by atoms with Gasteiger partial charge in [-0.15, -0.1) is 0 Å². The highest BCUT2D eigenvalue weighted by molar-refractivity contribution is 9.10. The predicted molar refractivity (Wildman–Crippen MR) is 73.6 cm³/mol. The van der Waals surface area contributed by atoms with Gasteiger partial charge in [-0.2, -0.15) is 0 Å². The van der Waals surface area contributed by atoms with Crippen LogP contribution in [0.4, 0.5) is 0 Å². The molecule has 1 fully saturated rings. The zero-order chi connectivity index (χ0) is 12.3. The second-order valence-electron chi connectivity index (χ2n) is 4.97. The van der Waals surface area contributed by atoms with E-state index in [-0.39, 0.29) is 0 Å². The number of aromatic nitrogens is 1. The number of hydrogen-bond donors (Lipinski definition) is 1. The number of likely N-dealkylation sites (tertiary alicyclic amines) is 1. The second-order valence-corrected chi connectivity index (χ2v) is 5.88. The van der Waals surface area contributed by atoms with Gasteiger partial charge in [0.1, 0.15) is 0 Å². The van der Waals surface area contributed by atoms with Gasteiger partial charge in [0.05, 0.1) is 0 Å². The Morgan fingerprint density at radius 2 is 2.29 bits per heavy atom. The number of nitrogens with zero attached hydrogens (tertiary/aromatic N) is 2. The van der Waals surface area contributed by atoms with E-state index in [4.69, 9.17) is 5.73 Å². The molecule has 1 saturated heterocycles. The van der Waals surface area contributed by atoms with E-state index in [1.54, 1.807) is 0 Å². The fourth-order valence-electron chi connectivity index (χ4n) is 2.45. The van der Waals surface area contributed by atoms with Crippen molar-refractivity contribution in [2.24, 2.45) is 11.7 Å². The molecule has 4 heteroatoms. The average molecular weight is 298 g/mol. The Morgan fingerprint density at radius 1 is 1.47 bits per heavy atom. The molecule has 1 aromatic rings. The van der Waals surface area contributed by atoms with E-state index in [0.717, 1.165) is 24.1 Å². The van der Waals surface area contributed by atoms with Crippen LogP contribution in [0.1, 0.15) is 25.3 Å². The topological polar surface area (TPSA) is 42.1 Å². The van der Waals surface area contributed by atoms with E-state index in [0.29, 0.717) is 12.0 Å². The Kier molecular flexibility index (Phi) is 4.54. The van der Waals surface area contributed by atoms with Crippen molar-refractivity contribution in [3.63, 3.8) is 0 Å². The molecule has 17 heavy (non-hydrogen) atoms. The summed E-state index contributed by atoms with van der Waals surface area (Å²) in [7, 11) is 0. The summed E-state index contributed by atoms with van der Waals surface area (Å²) in [4.78, 5) is 6.73. The van der Waals surface area contributed by atoms with Crippen LogP contribution in [0.5, 0.6) is 0 Å². The Balaban J connectivity index is 2.01. The number of piperidine rings is 1. The van der Waals surface area contributed by atoms with Crippen LogP contribution in [0, 0.1) is 5.92 Å². The Labute approximate surface area is 112 Å². The fourth-order valence-corrected chi connectivity index (χ4v) is 2.86. The smallest absolute Gasteiger partial charge is 0.0410 e. The molecule has 2 heterocycles. The van der Waals surface area contributed by atoms with Crippen LogP contribution < -0.4 is 5.73 Å². The molecular formula is C13H20BrN3. The molecule has 0 saturated carbocycles. The molecule has 2 N–H and O–H groups in total. The number of rotatable bonds is 3. The first-order valence-corrected chi connectivity index (χ1v) is 7.02. The van der Waals surface area contributed by atoms with Gasteiger partial charge in [-0.3, -0.25) is 9.88 Å². The molecule has 0 radical (unpaired) electrons. The van der Waals surface area contributed by atoms with E-state index < -0.39 is 0 Å². The normalized spacial score (nSPS) is 26.1. The minimum Gasteiger partial charge on any atom is -0.330 e. The zero-order valence-corrected chi connectivity index (χ0v) is 11.9. The monoisotopic (exact) mass is 297 g/mol. The van der Waals surface area contributed by atoms with Crippen molar-refractivity contribution >= 4 is 15.9 Å². The third-order valence-corrected chi connectivity index (χ3v) is 4.02. The van der Waals surface area contributed by atoms with Crippen molar-refractivity contribution in [3.8, 4) is 0 Å². The van der Waals surface area contributed by atoms with Crippen LogP contribution in [-0.4, -0.2) is 29.0 Å². The predicted octanol–water partition coefficient (Wildman–Crippen LogP) is 2.40. The minimum absolute atomic E-state index is 0.650. The molecule has 1 aliphatic heterocycles. The van der Waals surface area contributed by atoms with E-state index >= 15 is 0 Å². The van der Waals surface area contributed by atoms with Crippen molar-refractivity contribution in [2.75, 3.05) is 13.1 Å². The second kappa shape index (κ2) is 5.94. The quantitative estimate of drug-likeness (QED) is 0.932. The largest absolute Gasteiger partial charge is 0.330 e. The van der Waals surface area contributed by atoms with E-state index in [9.17, 15) is 0 Å². The Hall–Kier alpha value is -0.450. The molecular weight excluding hydrogens is 278 g/mol. The minimum atomic E-state index is 0.650. The van der Waals surface area contributed by atoms with Crippen LogP contribution in [0.3, 0.4) is 0 Å². The van der Waals surface area contributed by atoms with E-state index in [1.807, 2.05) is 12.4 Å². The van der Waals surface area contributed by atoms with Gasteiger partial charge < -0.3 is 5.73 Å². The van der Waals surface area contributed by atoms with E-state index in [1.165, 1.54) is 18.4 Å². The van der Waals surface area contributed by atoms with Crippen LogP contribution >= 0.6 is 15.9 Å². The lowest BCUT2D eigenvalue weighted by molar-refractivity contribution is 0.113. The lowest BCUT2D eigenvalue weighted by atomic mass is 9.93. The number of nitrogens with two attached hydrogens (primary N) is 1. The Bertz CT molecular complexity index is 369. The highest BCUT2D eigenvalue weighted by Gasteiger charge is 2.24. The molecule has 2 rings (SSSR count). The zero-order valence-electron chi connectivity index (χ0n) is 10.3. The summed E-state index contributed by atoms with van der Waals surface area (Å²) in [5.74, 6) is 0.659. The number of pyridine rings is 1. The highest BCUT2D eigenvalue weighted by Crippen LogP contribution is 2.23. The van der Waals surface area contributed by atoms with Crippen LogP contribution in [0.25, 0.3) is 0 Å². The van der Waals surface area contributed by atoms with Gasteiger partial charge in [0, 0.05) is 36.0 Å². The van der Waals surface area contributed by atoms with Crippen molar-refractivity contribution in [3.05, 3.63) is 28.5 Å². The molecule has 94 valence electrons. The van der Waals surface area contributed by atoms with Crippen molar-refractivity contribution < 1.29 is 0 Å². The molecule has 0 amide bonds. The first-order valence-electron chi connectivity index (χ1n) is 6.22. The lowest BCUT2D eigenvalue weighted by Crippen LogP contribution is -2.43. The summed E-state index contributed by atoms with van der Waals surface area (Å²) in [6, 6.07) is 2.79. The van der Waals surface area contributed by atoms with Crippen molar-refractivity contribution in [2.45, 2.75) is 32.4 Å². The molecule has 2 atom stereocenters. The van der Waals surface area contributed by atoms with Crippen LogP contribution in [0.2, 0.25) is 0 Å². The molecule has 0 aromatic carbocycles. The summed E-state index contributed by atoms with van der Waals surface area (Å²) in [5.41, 5.74) is 7.05. The number of hydrogen-bond acceptors (Lipinski definition) is 3. The summed E-state index contributed by atoms with van der Waals surface area (Å²) < 4.78 is 1.05. The van der Waals surface area contributed by atoms with Crippen molar-refractivity contribution in [1.82, 2.24) is 9.88 Å². The van der Waals surface area contributed by atoms with Gasteiger partial charge in [-0.1, -0.05) is 0 Å². The Morgan fingerprint density at radius 3 is 3.00 bits per heavy atom. The maximum Gasteiger partial charge on any atom is 0.0410 e. The van der Waals surface area contributed by atoms with E-state index in [2.05, 4.69) is 38.8 Å². The maximum atomic E-state index is 5.78. The highest BCUT2D eigenvalue weighted by atomic mass is 79.9. The molecule has 1 aromatic heterocycles. The van der Waals surface area contributed by atoms with Gasteiger partial charge in [-0.25, -0.2) is 0 Å². The molecule has 3 nitrogen and oxygen atoms in total. The SMILES string of the molecule is CC1CCC(CN)CN1Cc1cncc(Br)c1. The van der Waals surface area contributed by atoms with Gasteiger partial charge in [0.15, 0.2) is 0 Å². The molecule has 0 aliphatic carbocycles. The van der Waals surface area contributed by atoms with Gasteiger partial charge in [0.2, 0.25) is 0 Å². The summed E-state index contributed by atoms with van der Waals surface area (Å²) in [5, 5.41) is 0. The first kappa shape index (κ1) is 13.0. The average Bonchev–Trinajstić information content (AvgIpc) is 2.32. The first-order chi connectivity index (χ1) is 8.19. The molecule has 0 bridgehead atoms.